The first-order chi connectivity index (χ1) is 9.62. The van der Waals surface area contributed by atoms with Crippen LogP contribution in [-0.4, -0.2) is 31.2 Å². The van der Waals surface area contributed by atoms with Crippen LogP contribution in [0.15, 0.2) is 40.9 Å². The lowest BCUT2D eigenvalue weighted by Gasteiger charge is -2.15. The quantitative estimate of drug-likeness (QED) is 0.860. The number of ketones is 1. The molecule has 0 bridgehead atoms. The largest absolute Gasteiger partial charge is 0.454 e. The Hall–Kier alpha value is -1.83. The molecule has 0 spiro atoms. The Labute approximate surface area is 119 Å². The molecule has 0 aliphatic carbocycles. The summed E-state index contributed by atoms with van der Waals surface area (Å²) >= 11 is 0. The van der Waals surface area contributed by atoms with Crippen molar-refractivity contribution in [1.29, 1.82) is 0 Å². The molecule has 2 rings (SSSR count). The SMILES string of the molecule is Cc1ccc(S(=O)(=O)N2C=C(C(=O)C(F)(F)F)CC2)cc1. The molecular weight excluding hydrogens is 307 g/mol. The molecule has 1 aromatic rings. The third kappa shape index (κ3) is 3.10. The normalized spacial score (nSPS) is 16.0. The number of sulfonamides is 1. The minimum absolute atomic E-state index is 0.0231. The predicted octanol–water partition coefficient (Wildman–Crippen LogP) is 2.40. The van der Waals surface area contributed by atoms with Gasteiger partial charge in [0.25, 0.3) is 15.8 Å². The zero-order valence-electron chi connectivity index (χ0n) is 11.0. The molecule has 1 heterocycles. The summed E-state index contributed by atoms with van der Waals surface area (Å²) in [5.74, 6) is -2.00. The van der Waals surface area contributed by atoms with E-state index in [1.54, 1.807) is 19.1 Å². The summed E-state index contributed by atoms with van der Waals surface area (Å²) in [5, 5.41) is 0. The molecule has 0 radical (unpaired) electrons. The van der Waals surface area contributed by atoms with Crippen molar-refractivity contribution in [2.45, 2.75) is 24.4 Å². The molecule has 8 heteroatoms. The van der Waals surface area contributed by atoms with Crippen molar-refractivity contribution in [1.82, 2.24) is 4.31 Å². The van der Waals surface area contributed by atoms with Crippen LogP contribution in [0.1, 0.15) is 12.0 Å². The number of benzene rings is 1. The summed E-state index contributed by atoms with van der Waals surface area (Å²) in [6.07, 6.45) is -4.47. The first-order valence-corrected chi connectivity index (χ1v) is 7.47. The molecule has 0 saturated heterocycles. The fourth-order valence-electron chi connectivity index (χ4n) is 1.92. The van der Waals surface area contributed by atoms with Gasteiger partial charge < -0.3 is 0 Å². The van der Waals surface area contributed by atoms with E-state index in [1.807, 2.05) is 0 Å². The van der Waals surface area contributed by atoms with Crippen LogP contribution in [0.3, 0.4) is 0 Å². The molecule has 0 N–H and O–H groups in total. The average Bonchev–Trinajstić information content (AvgIpc) is 2.87. The minimum Gasteiger partial charge on any atom is -0.284 e. The zero-order valence-corrected chi connectivity index (χ0v) is 11.8. The van der Waals surface area contributed by atoms with Gasteiger partial charge >= 0.3 is 6.18 Å². The van der Waals surface area contributed by atoms with Gasteiger partial charge in [0.2, 0.25) is 0 Å². The van der Waals surface area contributed by atoms with Crippen LogP contribution in [0.2, 0.25) is 0 Å². The van der Waals surface area contributed by atoms with Gasteiger partial charge in [-0.1, -0.05) is 17.7 Å². The highest BCUT2D eigenvalue weighted by Crippen LogP contribution is 2.29. The van der Waals surface area contributed by atoms with Gasteiger partial charge in [-0.05, 0) is 25.5 Å². The maximum atomic E-state index is 12.3. The molecule has 1 aromatic carbocycles. The van der Waals surface area contributed by atoms with E-state index >= 15 is 0 Å². The van der Waals surface area contributed by atoms with E-state index in [1.165, 1.54) is 12.1 Å². The number of rotatable bonds is 3. The predicted molar refractivity (Wildman–Crippen MR) is 68.8 cm³/mol. The summed E-state index contributed by atoms with van der Waals surface area (Å²) < 4.78 is 62.3. The number of aryl methyl sites for hydroxylation is 1. The van der Waals surface area contributed by atoms with E-state index in [2.05, 4.69) is 0 Å². The Morgan fingerprint density at radius 1 is 1.19 bits per heavy atom. The first-order valence-electron chi connectivity index (χ1n) is 6.03. The Morgan fingerprint density at radius 3 is 2.29 bits per heavy atom. The fourth-order valence-corrected chi connectivity index (χ4v) is 3.27. The highest BCUT2D eigenvalue weighted by molar-refractivity contribution is 7.89. The third-order valence-corrected chi connectivity index (χ3v) is 4.85. The second-order valence-corrected chi connectivity index (χ2v) is 6.55. The zero-order chi connectivity index (χ0) is 15.8. The van der Waals surface area contributed by atoms with Crippen LogP contribution >= 0.6 is 0 Å². The van der Waals surface area contributed by atoms with E-state index in [4.69, 9.17) is 0 Å². The van der Waals surface area contributed by atoms with Crippen LogP contribution in [0.5, 0.6) is 0 Å². The first kappa shape index (κ1) is 15.6. The number of alkyl halides is 3. The topological polar surface area (TPSA) is 54.5 Å². The van der Waals surface area contributed by atoms with Crippen LogP contribution < -0.4 is 0 Å². The number of hydrogen-bond acceptors (Lipinski definition) is 3. The number of nitrogens with zero attached hydrogens (tertiary/aromatic N) is 1. The second kappa shape index (κ2) is 5.18. The molecule has 1 aliphatic heterocycles. The van der Waals surface area contributed by atoms with Crippen molar-refractivity contribution in [2.24, 2.45) is 0 Å². The lowest BCUT2D eigenvalue weighted by Crippen LogP contribution is -2.24. The number of Topliss-reactive ketones (excluding diaryl/α,β-unsaturated/α-hetero) is 1. The van der Waals surface area contributed by atoms with Crippen LogP contribution in [-0.2, 0) is 14.8 Å². The Bertz CT molecular complexity index is 690. The molecule has 4 nitrogen and oxygen atoms in total. The van der Waals surface area contributed by atoms with Gasteiger partial charge in [0.05, 0.1) is 4.90 Å². The van der Waals surface area contributed by atoms with Crippen molar-refractivity contribution in [3.63, 3.8) is 0 Å². The molecule has 0 aromatic heterocycles. The third-order valence-electron chi connectivity index (χ3n) is 3.08. The highest BCUT2D eigenvalue weighted by Gasteiger charge is 2.42. The van der Waals surface area contributed by atoms with Gasteiger partial charge in [0.1, 0.15) is 0 Å². The van der Waals surface area contributed by atoms with E-state index in [0.717, 1.165) is 16.1 Å². The fraction of sp³-hybridized carbons (Fsp3) is 0.308. The molecule has 0 fully saturated rings. The smallest absolute Gasteiger partial charge is 0.284 e. The molecule has 21 heavy (non-hydrogen) atoms. The number of halogens is 3. The van der Waals surface area contributed by atoms with Crippen molar-refractivity contribution >= 4 is 15.8 Å². The Balaban J connectivity index is 2.29. The van der Waals surface area contributed by atoms with Crippen molar-refractivity contribution in [3.8, 4) is 0 Å². The van der Waals surface area contributed by atoms with Gasteiger partial charge in [-0.15, -0.1) is 0 Å². The monoisotopic (exact) mass is 319 g/mol. The van der Waals surface area contributed by atoms with E-state index in [0.29, 0.717) is 0 Å². The molecule has 0 atom stereocenters. The molecule has 114 valence electrons. The van der Waals surface area contributed by atoms with Crippen LogP contribution in [0.4, 0.5) is 13.2 Å². The van der Waals surface area contributed by atoms with E-state index in [9.17, 15) is 26.4 Å². The Kier molecular flexibility index (Phi) is 3.83. The van der Waals surface area contributed by atoms with Gasteiger partial charge in [-0.3, -0.25) is 9.10 Å². The molecule has 0 saturated carbocycles. The summed E-state index contributed by atoms with van der Waals surface area (Å²) in [5.41, 5.74) is 0.317. The summed E-state index contributed by atoms with van der Waals surface area (Å²) in [7, 11) is -3.93. The van der Waals surface area contributed by atoms with Gasteiger partial charge in [-0.25, -0.2) is 8.42 Å². The summed E-state index contributed by atoms with van der Waals surface area (Å²) in [6, 6.07) is 5.94. The number of carbonyl (C=O) groups is 1. The van der Waals surface area contributed by atoms with Gasteiger partial charge in [-0.2, -0.15) is 13.2 Å². The van der Waals surface area contributed by atoms with Crippen LogP contribution in [0.25, 0.3) is 0 Å². The van der Waals surface area contributed by atoms with Gasteiger partial charge in [0.15, 0.2) is 0 Å². The molecule has 0 amide bonds. The maximum Gasteiger partial charge on any atom is 0.454 e. The minimum atomic E-state index is -4.99. The maximum absolute atomic E-state index is 12.3. The van der Waals surface area contributed by atoms with E-state index in [-0.39, 0.29) is 17.9 Å². The van der Waals surface area contributed by atoms with Crippen molar-refractivity contribution in [2.75, 3.05) is 6.54 Å². The van der Waals surface area contributed by atoms with Crippen molar-refractivity contribution in [3.05, 3.63) is 41.6 Å². The number of carbonyl (C=O) groups excluding carboxylic acids is 1. The Morgan fingerprint density at radius 2 is 1.76 bits per heavy atom. The van der Waals surface area contributed by atoms with Crippen molar-refractivity contribution < 1.29 is 26.4 Å². The standard InChI is InChI=1S/C13H12F3NO3S/c1-9-2-4-11(5-3-9)21(19,20)17-7-6-10(8-17)12(18)13(14,15)16/h2-5,8H,6-7H2,1H3. The summed E-state index contributed by atoms with van der Waals surface area (Å²) in [4.78, 5) is 11.1. The average molecular weight is 319 g/mol. The molecule has 0 unspecified atom stereocenters. The highest BCUT2D eigenvalue weighted by atomic mass is 32.2. The molecular formula is C13H12F3NO3S. The van der Waals surface area contributed by atoms with Crippen LogP contribution in [0, 0.1) is 6.92 Å². The number of hydrogen-bond donors (Lipinski definition) is 0. The lowest BCUT2D eigenvalue weighted by molar-refractivity contribution is -0.166. The summed E-state index contributed by atoms with van der Waals surface area (Å²) in [6.45, 7) is 1.61. The second-order valence-electron chi connectivity index (χ2n) is 4.66. The van der Waals surface area contributed by atoms with E-state index < -0.39 is 27.6 Å². The van der Waals surface area contributed by atoms with Gasteiger partial charge in [0, 0.05) is 18.3 Å². The lowest BCUT2D eigenvalue weighted by atomic mass is 10.1. The molecule has 1 aliphatic rings.